The molecule has 1 heterocycles. The number of hydrogen-bond acceptors (Lipinski definition) is 3. The first-order valence-corrected chi connectivity index (χ1v) is 5.89. The van der Waals surface area contributed by atoms with Crippen molar-refractivity contribution < 1.29 is 9.47 Å². The summed E-state index contributed by atoms with van der Waals surface area (Å²) in [6.45, 7) is 0.863. The number of ether oxygens (including phenoxy) is 2. The van der Waals surface area contributed by atoms with Crippen molar-refractivity contribution in [2.75, 3.05) is 12.4 Å². The molecular formula is C9H16O2S. The van der Waals surface area contributed by atoms with E-state index < -0.39 is 0 Å². The van der Waals surface area contributed by atoms with Gasteiger partial charge in [-0.2, -0.15) is 0 Å². The van der Waals surface area contributed by atoms with Crippen molar-refractivity contribution in [2.24, 2.45) is 0 Å². The van der Waals surface area contributed by atoms with Gasteiger partial charge in [0.15, 0.2) is 0 Å². The van der Waals surface area contributed by atoms with Crippen LogP contribution in [0.15, 0.2) is 0 Å². The summed E-state index contributed by atoms with van der Waals surface area (Å²) in [6, 6.07) is 0. The Hall–Kier alpha value is 0.270. The maximum absolute atomic E-state index is 5.79. The highest BCUT2D eigenvalue weighted by Crippen LogP contribution is 2.27. The van der Waals surface area contributed by atoms with Crippen molar-refractivity contribution in [1.82, 2.24) is 0 Å². The molecule has 2 rings (SSSR count). The van der Waals surface area contributed by atoms with E-state index in [-0.39, 0.29) is 5.62 Å². The number of rotatable bonds is 2. The molecule has 2 nitrogen and oxygen atoms in total. The van der Waals surface area contributed by atoms with E-state index in [9.17, 15) is 0 Å². The van der Waals surface area contributed by atoms with Crippen LogP contribution in [-0.4, -0.2) is 24.1 Å². The Kier molecular flexibility index (Phi) is 3.31. The normalized spacial score (nSPS) is 32.5. The van der Waals surface area contributed by atoms with Gasteiger partial charge in [0.2, 0.25) is 5.62 Å². The lowest BCUT2D eigenvalue weighted by Crippen LogP contribution is -2.21. The van der Waals surface area contributed by atoms with Crippen LogP contribution in [0.2, 0.25) is 0 Å². The lowest BCUT2D eigenvalue weighted by atomic mass is 9.98. The average molecular weight is 188 g/mol. The second kappa shape index (κ2) is 4.49. The van der Waals surface area contributed by atoms with Crippen LogP contribution in [0.4, 0.5) is 0 Å². The zero-order valence-electron chi connectivity index (χ0n) is 7.33. The van der Waals surface area contributed by atoms with Crippen LogP contribution in [0.1, 0.15) is 32.1 Å². The molecule has 0 spiro atoms. The summed E-state index contributed by atoms with van der Waals surface area (Å²) >= 11 is 1.79. The van der Waals surface area contributed by atoms with Crippen LogP contribution in [0.25, 0.3) is 0 Å². The molecule has 3 heteroatoms. The van der Waals surface area contributed by atoms with Gasteiger partial charge in [0.05, 0.1) is 12.7 Å². The fourth-order valence-electron chi connectivity index (χ4n) is 1.77. The summed E-state index contributed by atoms with van der Waals surface area (Å²) in [7, 11) is 0. The van der Waals surface area contributed by atoms with Crippen LogP contribution < -0.4 is 0 Å². The van der Waals surface area contributed by atoms with Gasteiger partial charge in [0.25, 0.3) is 0 Å². The maximum atomic E-state index is 5.79. The molecular weight excluding hydrogens is 172 g/mol. The maximum Gasteiger partial charge on any atom is 0.207 e. The molecule has 0 aromatic heterocycles. The van der Waals surface area contributed by atoms with Crippen LogP contribution in [-0.2, 0) is 9.47 Å². The molecule has 2 fully saturated rings. The van der Waals surface area contributed by atoms with Crippen LogP contribution in [0.5, 0.6) is 0 Å². The first-order chi connectivity index (χ1) is 5.95. The van der Waals surface area contributed by atoms with Gasteiger partial charge in [-0.25, -0.2) is 0 Å². The van der Waals surface area contributed by atoms with Crippen molar-refractivity contribution in [2.45, 2.75) is 43.8 Å². The van der Waals surface area contributed by atoms with Crippen LogP contribution >= 0.6 is 11.8 Å². The standard InChI is InChI=1S/C9H16O2S/c1-2-4-8(5-3-1)11-9-10-6-7-12-9/h8-9H,1-7H2. The molecule has 1 aliphatic carbocycles. The van der Waals surface area contributed by atoms with Gasteiger partial charge in [0.1, 0.15) is 0 Å². The van der Waals surface area contributed by atoms with E-state index in [1.165, 1.54) is 32.1 Å². The van der Waals surface area contributed by atoms with E-state index in [1.807, 2.05) is 0 Å². The van der Waals surface area contributed by atoms with E-state index in [2.05, 4.69) is 0 Å². The van der Waals surface area contributed by atoms with Crippen LogP contribution in [0, 0.1) is 0 Å². The van der Waals surface area contributed by atoms with E-state index in [1.54, 1.807) is 11.8 Å². The monoisotopic (exact) mass is 188 g/mol. The SMILES string of the molecule is C1CCC(OC2OCCS2)CC1. The third-order valence-corrected chi connectivity index (χ3v) is 3.37. The van der Waals surface area contributed by atoms with Gasteiger partial charge in [0, 0.05) is 5.75 Å². The summed E-state index contributed by atoms with van der Waals surface area (Å²) < 4.78 is 11.2. The van der Waals surface area contributed by atoms with Crippen molar-refractivity contribution in [3.8, 4) is 0 Å². The zero-order chi connectivity index (χ0) is 8.23. The topological polar surface area (TPSA) is 18.5 Å². The Morgan fingerprint density at radius 1 is 1.17 bits per heavy atom. The Labute approximate surface area is 78.0 Å². The highest BCUT2D eigenvalue weighted by atomic mass is 32.2. The van der Waals surface area contributed by atoms with Crippen molar-refractivity contribution in [3.63, 3.8) is 0 Å². The van der Waals surface area contributed by atoms with Crippen molar-refractivity contribution in [1.29, 1.82) is 0 Å². The first-order valence-electron chi connectivity index (χ1n) is 4.84. The molecule has 1 saturated heterocycles. The average Bonchev–Trinajstić information content (AvgIpc) is 2.59. The summed E-state index contributed by atoms with van der Waals surface area (Å²) in [4.78, 5) is 0. The molecule has 1 aliphatic heterocycles. The minimum Gasteiger partial charge on any atom is -0.343 e. The predicted octanol–water partition coefficient (Wildman–Crippen LogP) is 2.38. The fraction of sp³-hybridized carbons (Fsp3) is 1.00. The summed E-state index contributed by atoms with van der Waals surface area (Å²) in [5.74, 6) is 1.09. The molecule has 12 heavy (non-hydrogen) atoms. The number of thioether (sulfide) groups is 1. The van der Waals surface area contributed by atoms with Gasteiger partial charge in [-0.3, -0.25) is 0 Å². The molecule has 1 saturated carbocycles. The summed E-state index contributed by atoms with van der Waals surface area (Å²) in [5.41, 5.74) is 0.0492. The summed E-state index contributed by atoms with van der Waals surface area (Å²) in [5, 5.41) is 0. The minimum absolute atomic E-state index is 0.0492. The lowest BCUT2D eigenvalue weighted by Gasteiger charge is -2.24. The van der Waals surface area contributed by atoms with Gasteiger partial charge in [-0.15, -0.1) is 0 Å². The Bertz CT molecular complexity index is 128. The van der Waals surface area contributed by atoms with E-state index in [0.717, 1.165) is 12.4 Å². The van der Waals surface area contributed by atoms with Gasteiger partial charge >= 0.3 is 0 Å². The van der Waals surface area contributed by atoms with Crippen molar-refractivity contribution in [3.05, 3.63) is 0 Å². The zero-order valence-corrected chi connectivity index (χ0v) is 8.15. The third kappa shape index (κ3) is 2.38. The molecule has 70 valence electrons. The molecule has 0 radical (unpaired) electrons. The quantitative estimate of drug-likeness (QED) is 0.663. The molecule has 0 amide bonds. The minimum atomic E-state index is 0.0492. The van der Waals surface area contributed by atoms with Gasteiger partial charge < -0.3 is 9.47 Å². The Morgan fingerprint density at radius 2 is 2.00 bits per heavy atom. The molecule has 0 aromatic carbocycles. The lowest BCUT2D eigenvalue weighted by molar-refractivity contribution is -0.112. The van der Waals surface area contributed by atoms with Crippen LogP contribution in [0.3, 0.4) is 0 Å². The highest BCUT2D eigenvalue weighted by molar-refractivity contribution is 7.99. The van der Waals surface area contributed by atoms with Gasteiger partial charge in [-0.1, -0.05) is 31.0 Å². The predicted molar refractivity (Wildman–Crippen MR) is 50.2 cm³/mol. The Morgan fingerprint density at radius 3 is 2.67 bits per heavy atom. The van der Waals surface area contributed by atoms with E-state index in [4.69, 9.17) is 9.47 Å². The Balaban J connectivity index is 1.69. The van der Waals surface area contributed by atoms with Crippen molar-refractivity contribution >= 4 is 11.8 Å². The second-order valence-corrected chi connectivity index (χ2v) is 4.55. The molecule has 1 atom stereocenters. The number of hydrogen-bond donors (Lipinski definition) is 0. The molecule has 0 N–H and O–H groups in total. The van der Waals surface area contributed by atoms with E-state index >= 15 is 0 Å². The first kappa shape index (κ1) is 8.85. The molecule has 1 unspecified atom stereocenters. The third-order valence-electron chi connectivity index (χ3n) is 2.45. The summed E-state index contributed by atoms with van der Waals surface area (Å²) in [6.07, 6.45) is 7.01. The highest BCUT2D eigenvalue weighted by Gasteiger charge is 2.22. The molecule has 2 aliphatic rings. The fourth-order valence-corrected chi connectivity index (χ4v) is 2.59. The molecule has 0 bridgehead atoms. The van der Waals surface area contributed by atoms with E-state index in [0.29, 0.717) is 6.10 Å². The second-order valence-electron chi connectivity index (χ2n) is 3.43. The smallest absolute Gasteiger partial charge is 0.207 e. The largest absolute Gasteiger partial charge is 0.343 e. The van der Waals surface area contributed by atoms with Gasteiger partial charge in [-0.05, 0) is 12.8 Å². The molecule has 0 aromatic rings.